The number of thiocarbonyl (C=S) groups is 1. The Labute approximate surface area is 147 Å². The maximum absolute atomic E-state index is 5.70. The van der Waals surface area contributed by atoms with Crippen LogP contribution in [0.25, 0.3) is 0 Å². The second-order valence-electron chi connectivity index (χ2n) is 5.19. The van der Waals surface area contributed by atoms with Gasteiger partial charge in [-0.3, -0.25) is 0 Å². The summed E-state index contributed by atoms with van der Waals surface area (Å²) in [5.41, 5.74) is 0.821. The third-order valence-corrected chi connectivity index (χ3v) is 3.48. The number of methoxy groups -OCH3 is 2. The Kier molecular flexibility index (Phi) is 6.69. The van der Waals surface area contributed by atoms with Crippen molar-refractivity contribution in [1.82, 2.24) is 5.32 Å². The van der Waals surface area contributed by atoms with Gasteiger partial charge in [0.15, 0.2) is 16.6 Å². The van der Waals surface area contributed by atoms with Gasteiger partial charge in [-0.1, -0.05) is 18.2 Å². The van der Waals surface area contributed by atoms with Crippen molar-refractivity contribution in [3.8, 4) is 17.2 Å². The number of hydrogen-bond donors (Lipinski definition) is 2. The molecule has 0 radical (unpaired) electrons. The number of nitrogens with one attached hydrogen (secondary N) is 2. The highest BCUT2D eigenvalue weighted by Crippen LogP contribution is 2.29. The van der Waals surface area contributed by atoms with Gasteiger partial charge in [-0.25, -0.2) is 0 Å². The first kappa shape index (κ1) is 17.9. The van der Waals surface area contributed by atoms with E-state index in [2.05, 4.69) is 10.6 Å². The fourth-order valence-corrected chi connectivity index (χ4v) is 2.40. The van der Waals surface area contributed by atoms with E-state index in [1.807, 2.05) is 55.5 Å². The van der Waals surface area contributed by atoms with Crippen LogP contribution in [0.4, 0.5) is 5.69 Å². The Morgan fingerprint density at radius 3 is 2.42 bits per heavy atom. The van der Waals surface area contributed by atoms with E-state index in [4.69, 9.17) is 26.4 Å². The SMILES string of the molecule is COc1ccc(NC(=S)N[C@H](C)COc2ccccc2)cc1OC. The van der Waals surface area contributed by atoms with E-state index in [9.17, 15) is 0 Å². The smallest absolute Gasteiger partial charge is 0.171 e. The molecule has 0 aromatic heterocycles. The van der Waals surface area contributed by atoms with Crippen LogP contribution in [0.1, 0.15) is 6.92 Å². The van der Waals surface area contributed by atoms with Gasteiger partial charge in [0.25, 0.3) is 0 Å². The van der Waals surface area contributed by atoms with Gasteiger partial charge in [0, 0.05) is 11.8 Å². The summed E-state index contributed by atoms with van der Waals surface area (Å²) in [5, 5.41) is 6.83. The Bertz CT molecular complexity index is 665. The molecule has 0 bridgehead atoms. The fraction of sp³-hybridized carbons (Fsp3) is 0.278. The van der Waals surface area contributed by atoms with Crippen molar-refractivity contribution in [1.29, 1.82) is 0 Å². The minimum absolute atomic E-state index is 0.0605. The molecule has 2 aromatic rings. The maximum Gasteiger partial charge on any atom is 0.171 e. The first-order chi connectivity index (χ1) is 11.6. The molecule has 2 N–H and O–H groups in total. The molecule has 5 nitrogen and oxygen atoms in total. The third-order valence-electron chi connectivity index (χ3n) is 3.26. The van der Waals surface area contributed by atoms with Gasteiger partial charge in [0.2, 0.25) is 0 Å². The first-order valence-electron chi connectivity index (χ1n) is 7.59. The molecule has 2 rings (SSSR count). The maximum atomic E-state index is 5.70. The standard InChI is InChI=1S/C18H22N2O3S/c1-13(12-23-15-7-5-4-6-8-15)19-18(24)20-14-9-10-16(21-2)17(11-14)22-3/h4-11,13H,12H2,1-3H3,(H2,19,20,24)/t13-/m1/s1. The van der Waals surface area contributed by atoms with Gasteiger partial charge in [-0.05, 0) is 43.4 Å². The summed E-state index contributed by atoms with van der Waals surface area (Å²) in [6, 6.07) is 15.3. The predicted molar refractivity (Wildman–Crippen MR) is 100 cm³/mol. The molecule has 24 heavy (non-hydrogen) atoms. The molecule has 0 unspecified atom stereocenters. The molecule has 0 aliphatic rings. The van der Waals surface area contributed by atoms with Crippen LogP contribution in [-0.4, -0.2) is 32.0 Å². The molecule has 1 atom stereocenters. The molecule has 0 fully saturated rings. The van der Waals surface area contributed by atoms with Gasteiger partial charge in [0.05, 0.1) is 20.3 Å². The summed E-state index contributed by atoms with van der Waals surface area (Å²) in [6.07, 6.45) is 0. The molecule has 0 heterocycles. The Hall–Kier alpha value is -2.47. The fourth-order valence-electron chi connectivity index (χ4n) is 2.08. The van der Waals surface area contributed by atoms with Crippen molar-refractivity contribution >= 4 is 23.0 Å². The van der Waals surface area contributed by atoms with Crippen molar-refractivity contribution in [3.05, 3.63) is 48.5 Å². The lowest BCUT2D eigenvalue weighted by Crippen LogP contribution is -2.39. The van der Waals surface area contributed by atoms with Crippen LogP contribution in [0.5, 0.6) is 17.2 Å². The minimum Gasteiger partial charge on any atom is -0.493 e. The van der Waals surface area contributed by atoms with Gasteiger partial charge >= 0.3 is 0 Å². The average Bonchev–Trinajstić information content (AvgIpc) is 2.60. The van der Waals surface area contributed by atoms with Crippen molar-refractivity contribution in [3.63, 3.8) is 0 Å². The molecular weight excluding hydrogens is 324 g/mol. The summed E-state index contributed by atoms with van der Waals surface area (Å²) < 4.78 is 16.2. The quantitative estimate of drug-likeness (QED) is 0.749. The number of rotatable bonds is 7. The molecule has 0 saturated heterocycles. The van der Waals surface area contributed by atoms with Gasteiger partial charge < -0.3 is 24.8 Å². The lowest BCUT2D eigenvalue weighted by atomic mass is 10.2. The average molecular weight is 346 g/mol. The van der Waals surface area contributed by atoms with E-state index in [0.717, 1.165) is 11.4 Å². The van der Waals surface area contributed by atoms with Crippen molar-refractivity contribution in [2.24, 2.45) is 0 Å². The third kappa shape index (κ3) is 5.31. The zero-order valence-corrected chi connectivity index (χ0v) is 14.9. The zero-order chi connectivity index (χ0) is 17.4. The highest BCUT2D eigenvalue weighted by atomic mass is 32.1. The lowest BCUT2D eigenvalue weighted by molar-refractivity contribution is 0.287. The number of benzene rings is 2. The van der Waals surface area contributed by atoms with Crippen molar-refractivity contribution in [2.45, 2.75) is 13.0 Å². The summed E-state index contributed by atoms with van der Waals surface area (Å²) in [4.78, 5) is 0. The number of para-hydroxylation sites is 1. The summed E-state index contributed by atoms with van der Waals surface area (Å²) in [5.74, 6) is 2.15. The molecule has 0 saturated carbocycles. The van der Waals surface area contributed by atoms with E-state index in [1.165, 1.54) is 0 Å². The van der Waals surface area contributed by atoms with Crippen LogP contribution in [0.3, 0.4) is 0 Å². The summed E-state index contributed by atoms with van der Waals surface area (Å²) >= 11 is 5.33. The van der Waals surface area contributed by atoms with Crippen LogP contribution in [-0.2, 0) is 0 Å². The van der Waals surface area contributed by atoms with E-state index in [1.54, 1.807) is 14.2 Å². The van der Waals surface area contributed by atoms with Gasteiger partial charge in [-0.15, -0.1) is 0 Å². The Morgan fingerprint density at radius 1 is 1.04 bits per heavy atom. The summed E-state index contributed by atoms with van der Waals surface area (Å²) in [6.45, 7) is 2.52. The molecule has 128 valence electrons. The minimum atomic E-state index is 0.0605. The van der Waals surface area contributed by atoms with Crippen LogP contribution in [0, 0.1) is 0 Å². The second kappa shape index (κ2) is 8.98. The first-order valence-corrected chi connectivity index (χ1v) is 8.00. The second-order valence-corrected chi connectivity index (χ2v) is 5.60. The largest absolute Gasteiger partial charge is 0.493 e. The van der Waals surface area contributed by atoms with Crippen molar-refractivity contribution < 1.29 is 14.2 Å². The van der Waals surface area contributed by atoms with Crippen LogP contribution in [0.2, 0.25) is 0 Å². The Balaban J connectivity index is 1.84. The van der Waals surface area contributed by atoms with E-state index in [0.29, 0.717) is 23.2 Å². The topological polar surface area (TPSA) is 51.8 Å². The van der Waals surface area contributed by atoms with E-state index in [-0.39, 0.29) is 6.04 Å². The van der Waals surface area contributed by atoms with Crippen LogP contribution < -0.4 is 24.8 Å². The number of hydrogen-bond acceptors (Lipinski definition) is 4. The molecule has 0 aliphatic carbocycles. The molecule has 2 aromatic carbocycles. The monoisotopic (exact) mass is 346 g/mol. The normalized spacial score (nSPS) is 11.3. The molecule has 6 heteroatoms. The van der Waals surface area contributed by atoms with Crippen molar-refractivity contribution in [2.75, 3.05) is 26.1 Å². The number of ether oxygens (including phenoxy) is 3. The molecule has 0 spiro atoms. The molecule has 0 amide bonds. The van der Waals surface area contributed by atoms with Crippen LogP contribution >= 0.6 is 12.2 Å². The lowest BCUT2D eigenvalue weighted by Gasteiger charge is -2.18. The molecule has 0 aliphatic heterocycles. The van der Waals surface area contributed by atoms with E-state index >= 15 is 0 Å². The van der Waals surface area contributed by atoms with Crippen LogP contribution in [0.15, 0.2) is 48.5 Å². The highest BCUT2D eigenvalue weighted by molar-refractivity contribution is 7.80. The van der Waals surface area contributed by atoms with Gasteiger partial charge in [-0.2, -0.15) is 0 Å². The van der Waals surface area contributed by atoms with E-state index < -0.39 is 0 Å². The Morgan fingerprint density at radius 2 is 1.75 bits per heavy atom. The van der Waals surface area contributed by atoms with Gasteiger partial charge in [0.1, 0.15) is 12.4 Å². The highest BCUT2D eigenvalue weighted by Gasteiger charge is 2.08. The molecular formula is C18H22N2O3S. The number of anilines is 1. The zero-order valence-electron chi connectivity index (χ0n) is 14.0. The summed E-state index contributed by atoms with van der Waals surface area (Å²) in [7, 11) is 3.20. The predicted octanol–water partition coefficient (Wildman–Crippen LogP) is 3.46.